The van der Waals surface area contributed by atoms with Gasteiger partial charge >= 0.3 is 0 Å². The molecule has 2 heterocycles. The molecule has 3 aromatic rings. The number of nitrogens with zero attached hydrogens (tertiary/aromatic N) is 2. The molecule has 1 saturated heterocycles. The summed E-state index contributed by atoms with van der Waals surface area (Å²) in [7, 11) is 0. The molecule has 4 rings (SSSR count). The Morgan fingerprint density at radius 1 is 1.00 bits per heavy atom. The van der Waals surface area contributed by atoms with Crippen molar-refractivity contribution in [2.24, 2.45) is 0 Å². The third kappa shape index (κ3) is 4.54. The van der Waals surface area contributed by atoms with Crippen molar-refractivity contribution in [3.8, 4) is 16.9 Å². The average molecular weight is 394 g/mol. The van der Waals surface area contributed by atoms with Gasteiger partial charge in [-0.3, -0.25) is 4.90 Å². The molecule has 4 nitrogen and oxygen atoms in total. The van der Waals surface area contributed by atoms with Crippen LogP contribution in [0.25, 0.3) is 11.1 Å². The summed E-state index contributed by atoms with van der Waals surface area (Å²) >= 11 is 0. The van der Waals surface area contributed by atoms with Gasteiger partial charge in [0.2, 0.25) is 0 Å². The minimum atomic E-state index is -0.655. The number of pyridine rings is 1. The lowest BCUT2D eigenvalue weighted by molar-refractivity contribution is 0.293. The van der Waals surface area contributed by atoms with E-state index in [-0.39, 0.29) is 23.7 Å². The summed E-state index contributed by atoms with van der Waals surface area (Å²) in [6, 6.07) is 13.6. The number of rotatable bonds is 6. The lowest BCUT2D eigenvalue weighted by Crippen LogP contribution is -2.15. The van der Waals surface area contributed by atoms with Crippen LogP contribution in [-0.4, -0.2) is 23.0 Å². The van der Waals surface area contributed by atoms with Gasteiger partial charge in [0.15, 0.2) is 11.6 Å². The molecule has 1 fully saturated rings. The van der Waals surface area contributed by atoms with Crippen LogP contribution in [0.2, 0.25) is 0 Å². The Morgan fingerprint density at radius 2 is 1.69 bits per heavy atom. The van der Waals surface area contributed by atoms with Crippen molar-refractivity contribution in [3.05, 3.63) is 84.0 Å². The largest absolute Gasteiger partial charge is 0.485 e. The molecule has 0 spiro atoms. The second-order valence-electron chi connectivity index (χ2n) is 7.09. The lowest BCUT2D eigenvalue weighted by Gasteiger charge is -2.14. The smallest absolute Gasteiger partial charge is 0.166 e. The highest BCUT2D eigenvalue weighted by Gasteiger charge is 2.13. The Bertz CT molecular complexity index is 966. The van der Waals surface area contributed by atoms with E-state index in [0.717, 1.165) is 29.8 Å². The Kier molecular flexibility index (Phi) is 5.71. The van der Waals surface area contributed by atoms with E-state index in [9.17, 15) is 8.78 Å². The minimum Gasteiger partial charge on any atom is -0.485 e. The zero-order chi connectivity index (χ0) is 20.2. The normalized spacial score (nSPS) is 14.3. The van der Waals surface area contributed by atoms with Gasteiger partial charge in [0.1, 0.15) is 18.2 Å². The molecule has 0 bridgehead atoms. The molecule has 2 aromatic carbocycles. The van der Waals surface area contributed by atoms with Gasteiger partial charge in [-0.25, -0.2) is 13.8 Å². The Labute approximate surface area is 168 Å². The average Bonchev–Trinajstić information content (AvgIpc) is 3.22. The van der Waals surface area contributed by atoms with E-state index in [4.69, 9.17) is 10.5 Å². The van der Waals surface area contributed by atoms with Gasteiger partial charge in [-0.1, -0.05) is 30.3 Å². The van der Waals surface area contributed by atoms with Crippen LogP contribution in [0.15, 0.2) is 54.7 Å². The van der Waals surface area contributed by atoms with Crippen LogP contribution in [0.5, 0.6) is 5.75 Å². The predicted octanol–water partition coefficient (Wildman–Crippen LogP) is 4.79. The quantitative estimate of drug-likeness (QED) is 0.653. The monoisotopic (exact) mass is 394 g/mol. The fourth-order valence-electron chi connectivity index (χ4n) is 3.39. The molecule has 0 unspecified atom stereocenters. The van der Waals surface area contributed by atoms with Crippen molar-refractivity contribution in [3.63, 3.8) is 0 Å². The molecule has 2 N–H and O–H groups in total. The van der Waals surface area contributed by atoms with Gasteiger partial charge in [0, 0.05) is 11.8 Å². The number of nitrogen functional groups attached to an aromatic ring is 1. The molecule has 149 valence electrons. The van der Waals surface area contributed by atoms with Crippen LogP contribution in [-0.2, 0) is 6.61 Å². The minimum absolute atomic E-state index is 0.140. The number of likely N-dealkylation sites (tertiary alicyclic amines) is 1. The fourth-order valence-corrected chi connectivity index (χ4v) is 3.39. The highest BCUT2D eigenvalue weighted by Crippen LogP contribution is 2.29. The molecule has 0 amide bonds. The number of nitrogens with two attached hydrogens (primary N) is 1. The Hall–Kier alpha value is -2.99. The maximum absolute atomic E-state index is 13.8. The van der Waals surface area contributed by atoms with Crippen molar-refractivity contribution in [1.82, 2.24) is 9.88 Å². The zero-order valence-corrected chi connectivity index (χ0v) is 15.9. The van der Waals surface area contributed by atoms with Crippen LogP contribution >= 0.6 is 0 Å². The molecule has 0 atom stereocenters. The highest BCUT2D eigenvalue weighted by atomic mass is 19.1. The number of ether oxygens (including phenoxy) is 1. The maximum atomic E-state index is 13.8. The predicted molar refractivity (Wildman–Crippen MR) is 109 cm³/mol. The second kappa shape index (κ2) is 8.57. The molecule has 0 aliphatic carbocycles. The summed E-state index contributed by atoms with van der Waals surface area (Å²) < 4.78 is 33.2. The van der Waals surface area contributed by atoms with Gasteiger partial charge in [-0.2, -0.15) is 0 Å². The number of anilines is 1. The summed E-state index contributed by atoms with van der Waals surface area (Å²) in [6.07, 6.45) is 4.14. The number of halogens is 2. The molecule has 6 heteroatoms. The van der Waals surface area contributed by atoms with Gasteiger partial charge in [0.25, 0.3) is 0 Å². The SMILES string of the molecule is Nc1ncc(-c2ccc([CH]N3CCCC3)cc2)cc1OCc1c(F)cccc1F. The fraction of sp³-hybridized carbons (Fsp3) is 0.217. The first-order valence-corrected chi connectivity index (χ1v) is 9.61. The maximum Gasteiger partial charge on any atom is 0.166 e. The van der Waals surface area contributed by atoms with Crippen molar-refractivity contribution in [1.29, 1.82) is 0 Å². The van der Waals surface area contributed by atoms with Crippen LogP contribution in [0.3, 0.4) is 0 Å². The number of hydrogen-bond acceptors (Lipinski definition) is 4. The zero-order valence-electron chi connectivity index (χ0n) is 15.9. The van der Waals surface area contributed by atoms with Gasteiger partial charge in [-0.05, 0) is 55.3 Å². The van der Waals surface area contributed by atoms with E-state index in [2.05, 4.69) is 28.6 Å². The molecule has 0 saturated carbocycles. The standard InChI is InChI=1S/C23H22F2N3O/c24-20-4-3-5-21(25)19(20)15-29-22-12-18(13-27-23(22)26)17-8-6-16(7-9-17)14-28-10-1-2-11-28/h3-9,12-14H,1-2,10-11,15H2,(H2,26,27). The van der Waals surface area contributed by atoms with Crippen molar-refractivity contribution < 1.29 is 13.5 Å². The van der Waals surface area contributed by atoms with E-state index in [1.54, 1.807) is 12.3 Å². The van der Waals surface area contributed by atoms with Gasteiger partial charge < -0.3 is 10.5 Å². The first-order valence-electron chi connectivity index (χ1n) is 9.61. The summed E-state index contributed by atoms with van der Waals surface area (Å²) in [4.78, 5) is 6.49. The molecule has 1 aromatic heterocycles. The van der Waals surface area contributed by atoms with Gasteiger partial charge in [0.05, 0.1) is 12.1 Å². The molecule has 1 aliphatic heterocycles. The topological polar surface area (TPSA) is 51.4 Å². The molecular weight excluding hydrogens is 372 g/mol. The third-order valence-corrected chi connectivity index (χ3v) is 5.03. The van der Waals surface area contributed by atoms with Crippen molar-refractivity contribution in [2.75, 3.05) is 18.8 Å². The molecular formula is C23H22F2N3O. The van der Waals surface area contributed by atoms with E-state index < -0.39 is 11.6 Å². The van der Waals surface area contributed by atoms with E-state index in [1.165, 1.54) is 31.0 Å². The first kappa shape index (κ1) is 19.3. The van der Waals surface area contributed by atoms with Crippen molar-refractivity contribution in [2.45, 2.75) is 19.4 Å². The van der Waals surface area contributed by atoms with E-state index in [1.807, 2.05) is 12.1 Å². The number of hydrogen-bond donors (Lipinski definition) is 1. The van der Waals surface area contributed by atoms with Crippen molar-refractivity contribution >= 4 is 5.82 Å². The lowest BCUT2D eigenvalue weighted by atomic mass is 10.1. The van der Waals surface area contributed by atoms with Crippen LogP contribution in [0.4, 0.5) is 14.6 Å². The number of benzene rings is 2. The summed E-state index contributed by atoms with van der Waals surface area (Å²) in [5.74, 6) is -0.850. The molecule has 1 radical (unpaired) electrons. The second-order valence-corrected chi connectivity index (χ2v) is 7.09. The van der Waals surface area contributed by atoms with E-state index in [0.29, 0.717) is 0 Å². The highest BCUT2D eigenvalue weighted by molar-refractivity contribution is 5.67. The molecule has 29 heavy (non-hydrogen) atoms. The van der Waals surface area contributed by atoms with Gasteiger partial charge in [-0.15, -0.1) is 0 Å². The van der Waals surface area contributed by atoms with Crippen LogP contribution in [0, 0.1) is 18.2 Å². The third-order valence-electron chi connectivity index (χ3n) is 5.03. The van der Waals surface area contributed by atoms with E-state index >= 15 is 0 Å². The van der Waals surface area contributed by atoms with Crippen LogP contribution in [0.1, 0.15) is 24.0 Å². The van der Waals surface area contributed by atoms with Crippen LogP contribution < -0.4 is 10.5 Å². The molecule has 1 aliphatic rings. The Balaban J connectivity index is 1.49. The Morgan fingerprint density at radius 3 is 2.38 bits per heavy atom. The summed E-state index contributed by atoms with van der Waals surface area (Å²) in [5.41, 5.74) is 8.67. The summed E-state index contributed by atoms with van der Waals surface area (Å²) in [6.45, 7) is 4.12. The number of aromatic nitrogens is 1. The first-order chi connectivity index (χ1) is 14.1. The summed E-state index contributed by atoms with van der Waals surface area (Å²) in [5, 5.41) is 0.